The SMILES string of the molecule is Cc1[nH]c2ccc(F)cc2c1CC(=O)N1CCO[C@H](c2nccnc2-c2cccc(F)c2)C1. The Hall–Kier alpha value is -3.65. The van der Waals surface area contributed by atoms with Gasteiger partial charge in [0.15, 0.2) is 0 Å². The summed E-state index contributed by atoms with van der Waals surface area (Å²) in [7, 11) is 0. The Morgan fingerprint density at radius 1 is 1.15 bits per heavy atom. The lowest BCUT2D eigenvalue weighted by Gasteiger charge is -2.33. The van der Waals surface area contributed by atoms with Crippen molar-refractivity contribution < 1.29 is 18.3 Å². The van der Waals surface area contributed by atoms with Gasteiger partial charge in [0.1, 0.15) is 17.7 Å². The number of aromatic amines is 1. The molecule has 1 N–H and O–H groups in total. The van der Waals surface area contributed by atoms with Crippen LogP contribution in [0.4, 0.5) is 8.78 Å². The van der Waals surface area contributed by atoms with Gasteiger partial charge in [0.05, 0.1) is 31.0 Å². The number of carbonyl (C=O) groups is 1. The van der Waals surface area contributed by atoms with Gasteiger partial charge in [-0.05, 0) is 42.8 Å². The van der Waals surface area contributed by atoms with Crippen molar-refractivity contribution >= 4 is 16.8 Å². The maximum absolute atomic E-state index is 13.8. The van der Waals surface area contributed by atoms with Crippen LogP contribution in [0.1, 0.15) is 23.1 Å². The highest BCUT2D eigenvalue weighted by Crippen LogP contribution is 2.30. The van der Waals surface area contributed by atoms with Crippen molar-refractivity contribution in [1.29, 1.82) is 0 Å². The molecule has 1 amide bonds. The zero-order valence-corrected chi connectivity index (χ0v) is 18.0. The second kappa shape index (κ2) is 8.71. The van der Waals surface area contributed by atoms with Crippen LogP contribution < -0.4 is 0 Å². The van der Waals surface area contributed by atoms with E-state index >= 15 is 0 Å². The standard InChI is InChI=1S/C25H22F2N4O2/c1-15-19(20-12-18(27)5-6-21(20)30-15)13-23(32)31-9-10-33-22(14-31)25-24(28-7-8-29-25)16-3-2-4-17(26)11-16/h2-8,11-12,22,30H,9-10,13-14H2,1H3/t22-/m0/s1. The fourth-order valence-electron chi connectivity index (χ4n) is 4.33. The second-order valence-electron chi connectivity index (χ2n) is 8.09. The maximum atomic E-state index is 13.8. The van der Waals surface area contributed by atoms with Crippen LogP contribution in [-0.4, -0.2) is 45.5 Å². The predicted octanol–water partition coefficient (Wildman–Crippen LogP) is 4.35. The van der Waals surface area contributed by atoms with Crippen molar-refractivity contribution in [2.24, 2.45) is 0 Å². The quantitative estimate of drug-likeness (QED) is 0.504. The van der Waals surface area contributed by atoms with E-state index in [0.29, 0.717) is 42.0 Å². The van der Waals surface area contributed by atoms with Gasteiger partial charge in [-0.1, -0.05) is 12.1 Å². The minimum absolute atomic E-state index is 0.0762. The number of halogens is 2. The molecule has 0 radical (unpaired) electrons. The topological polar surface area (TPSA) is 71.1 Å². The minimum Gasteiger partial charge on any atom is -0.368 e. The van der Waals surface area contributed by atoms with Crippen LogP contribution in [0.2, 0.25) is 0 Å². The van der Waals surface area contributed by atoms with Crippen LogP contribution in [0.15, 0.2) is 54.9 Å². The molecule has 0 spiro atoms. The van der Waals surface area contributed by atoms with E-state index in [1.807, 2.05) is 6.92 Å². The molecule has 1 fully saturated rings. The van der Waals surface area contributed by atoms with Gasteiger partial charge in [-0.15, -0.1) is 0 Å². The van der Waals surface area contributed by atoms with Crippen molar-refractivity contribution in [2.75, 3.05) is 19.7 Å². The Bertz CT molecular complexity index is 1340. The molecular weight excluding hydrogens is 426 g/mol. The number of carbonyl (C=O) groups excluding carboxylic acids is 1. The lowest BCUT2D eigenvalue weighted by atomic mass is 10.0. The number of hydrogen-bond donors (Lipinski definition) is 1. The van der Waals surface area contributed by atoms with Crippen molar-refractivity contribution in [2.45, 2.75) is 19.4 Å². The molecule has 1 aliphatic rings. The maximum Gasteiger partial charge on any atom is 0.227 e. The van der Waals surface area contributed by atoms with E-state index < -0.39 is 6.10 Å². The number of aryl methyl sites for hydroxylation is 1. The molecule has 2 aromatic carbocycles. The molecule has 0 unspecified atom stereocenters. The highest BCUT2D eigenvalue weighted by molar-refractivity contribution is 5.90. The van der Waals surface area contributed by atoms with Crippen molar-refractivity contribution in [3.8, 4) is 11.3 Å². The summed E-state index contributed by atoms with van der Waals surface area (Å²) < 4.78 is 33.5. The molecule has 4 aromatic rings. The number of hydrogen-bond acceptors (Lipinski definition) is 4. The minimum atomic E-state index is -0.490. The largest absolute Gasteiger partial charge is 0.368 e. The van der Waals surface area contributed by atoms with Crippen LogP contribution in [0.25, 0.3) is 22.2 Å². The number of fused-ring (bicyclic) bond motifs is 1. The van der Waals surface area contributed by atoms with Crippen LogP contribution >= 0.6 is 0 Å². The summed E-state index contributed by atoms with van der Waals surface area (Å²) in [4.78, 5) is 27.0. The molecule has 0 aliphatic carbocycles. The van der Waals surface area contributed by atoms with Gasteiger partial charge in [0.25, 0.3) is 0 Å². The summed E-state index contributed by atoms with van der Waals surface area (Å²) in [5.74, 6) is -0.780. The van der Waals surface area contributed by atoms with Gasteiger partial charge in [0, 0.05) is 41.1 Å². The fourth-order valence-corrected chi connectivity index (χ4v) is 4.33. The number of benzene rings is 2. The van der Waals surface area contributed by atoms with Crippen molar-refractivity contribution in [1.82, 2.24) is 19.9 Å². The highest BCUT2D eigenvalue weighted by atomic mass is 19.1. The van der Waals surface area contributed by atoms with Crippen molar-refractivity contribution in [3.05, 3.63) is 83.4 Å². The smallest absolute Gasteiger partial charge is 0.227 e. The normalized spacial score (nSPS) is 16.3. The van der Waals surface area contributed by atoms with Crippen LogP contribution in [0.3, 0.4) is 0 Å². The summed E-state index contributed by atoms with van der Waals surface area (Å²) in [5.41, 5.74) is 4.12. The number of morpholine rings is 1. The van der Waals surface area contributed by atoms with E-state index in [1.54, 1.807) is 35.5 Å². The summed E-state index contributed by atoms with van der Waals surface area (Å²) in [5, 5.41) is 0.716. The Balaban J connectivity index is 1.39. The number of nitrogens with one attached hydrogen (secondary N) is 1. The Kier molecular flexibility index (Phi) is 5.60. The van der Waals surface area contributed by atoms with E-state index in [0.717, 1.165) is 16.8 Å². The number of ether oxygens (including phenoxy) is 1. The highest BCUT2D eigenvalue weighted by Gasteiger charge is 2.29. The molecule has 2 aromatic heterocycles. The molecule has 1 atom stereocenters. The average molecular weight is 448 g/mol. The second-order valence-corrected chi connectivity index (χ2v) is 8.09. The molecule has 168 valence electrons. The lowest BCUT2D eigenvalue weighted by molar-refractivity contribution is -0.138. The Labute approximate surface area is 189 Å². The first-order chi connectivity index (χ1) is 16.0. The molecule has 3 heterocycles. The first kappa shape index (κ1) is 21.2. The zero-order chi connectivity index (χ0) is 22.9. The van der Waals surface area contributed by atoms with E-state index in [4.69, 9.17) is 4.74 Å². The Morgan fingerprint density at radius 3 is 2.82 bits per heavy atom. The van der Waals surface area contributed by atoms with Crippen LogP contribution in [0.5, 0.6) is 0 Å². The molecule has 33 heavy (non-hydrogen) atoms. The third-order valence-corrected chi connectivity index (χ3v) is 5.96. The first-order valence-corrected chi connectivity index (χ1v) is 10.7. The van der Waals surface area contributed by atoms with Crippen LogP contribution in [-0.2, 0) is 16.0 Å². The van der Waals surface area contributed by atoms with Gasteiger partial charge in [-0.2, -0.15) is 0 Å². The van der Waals surface area contributed by atoms with Crippen molar-refractivity contribution in [3.63, 3.8) is 0 Å². The molecular formula is C25H22F2N4O2. The lowest BCUT2D eigenvalue weighted by Crippen LogP contribution is -2.43. The van der Waals surface area contributed by atoms with Crippen LogP contribution in [0, 0.1) is 18.6 Å². The van der Waals surface area contributed by atoms with Gasteiger partial charge in [-0.3, -0.25) is 14.8 Å². The molecule has 8 heteroatoms. The molecule has 6 nitrogen and oxygen atoms in total. The predicted molar refractivity (Wildman–Crippen MR) is 119 cm³/mol. The number of H-pyrrole nitrogens is 1. The number of aromatic nitrogens is 3. The summed E-state index contributed by atoms with van der Waals surface area (Å²) in [6.45, 7) is 2.97. The zero-order valence-electron chi connectivity index (χ0n) is 18.0. The summed E-state index contributed by atoms with van der Waals surface area (Å²) in [6.07, 6.45) is 2.77. The number of rotatable bonds is 4. The van der Waals surface area contributed by atoms with Gasteiger partial charge >= 0.3 is 0 Å². The molecule has 0 saturated carbocycles. The third-order valence-electron chi connectivity index (χ3n) is 5.96. The van der Waals surface area contributed by atoms with Gasteiger partial charge in [0.2, 0.25) is 5.91 Å². The molecule has 1 saturated heterocycles. The van der Waals surface area contributed by atoms with E-state index in [1.165, 1.54) is 24.3 Å². The summed E-state index contributed by atoms with van der Waals surface area (Å²) >= 11 is 0. The fraction of sp³-hybridized carbons (Fsp3) is 0.240. The first-order valence-electron chi connectivity index (χ1n) is 10.7. The third kappa shape index (κ3) is 4.21. The van der Waals surface area contributed by atoms with E-state index in [-0.39, 0.29) is 24.0 Å². The Morgan fingerprint density at radius 2 is 1.97 bits per heavy atom. The number of amides is 1. The summed E-state index contributed by atoms with van der Waals surface area (Å²) in [6, 6.07) is 10.7. The monoisotopic (exact) mass is 448 g/mol. The average Bonchev–Trinajstić information content (AvgIpc) is 3.13. The van der Waals surface area contributed by atoms with E-state index in [2.05, 4.69) is 15.0 Å². The molecule has 5 rings (SSSR count). The molecule has 1 aliphatic heterocycles. The molecule has 0 bridgehead atoms. The van der Waals surface area contributed by atoms with E-state index in [9.17, 15) is 13.6 Å². The number of nitrogens with zero attached hydrogens (tertiary/aromatic N) is 3. The van der Waals surface area contributed by atoms with Gasteiger partial charge in [-0.25, -0.2) is 8.78 Å². The van der Waals surface area contributed by atoms with Gasteiger partial charge < -0.3 is 14.6 Å².